The first-order valence-electron chi connectivity index (χ1n) is 5.68. The van der Waals surface area contributed by atoms with Gasteiger partial charge in [-0.1, -0.05) is 12.1 Å². The highest BCUT2D eigenvalue weighted by atomic mass is 32.2. The molecule has 7 heteroatoms. The topological polar surface area (TPSA) is 96.4 Å². The molecule has 104 valence electrons. The quantitative estimate of drug-likeness (QED) is 0.897. The third-order valence-corrected chi connectivity index (χ3v) is 4.01. The molecule has 0 unspecified atom stereocenters. The number of sulfonamides is 1. The molecule has 0 fully saturated rings. The highest BCUT2D eigenvalue weighted by molar-refractivity contribution is 7.92. The number of rotatable bonds is 4. The molecule has 0 saturated carbocycles. The van der Waals surface area contributed by atoms with Crippen molar-refractivity contribution in [1.82, 2.24) is 4.98 Å². The van der Waals surface area contributed by atoms with Crippen LogP contribution in [0.25, 0.3) is 0 Å². The molecule has 0 spiro atoms. The third kappa shape index (κ3) is 2.94. The van der Waals surface area contributed by atoms with E-state index < -0.39 is 16.0 Å². The van der Waals surface area contributed by atoms with Crippen LogP contribution in [0, 0.1) is 6.92 Å². The molecule has 0 saturated heterocycles. The maximum Gasteiger partial charge on any atom is 0.335 e. The summed E-state index contributed by atoms with van der Waals surface area (Å²) >= 11 is 0. The van der Waals surface area contributed by atoms with Gasteiger partial charge < -0.3 is 5.11 Å². The van der Waals surface area contributed by atoms with E-state index >= 15 is 0 Å². The average Bonchev–Trinajstić information content (AvgIpc) is 2.39. The molecule has 2 N–H and O–H groups in total. The largest absolute Gasteiger partial charge is 0.478 e. The van der Waals surface area contributed by atoms with Crippen LogP contribution in [0.5, 0.6) is 0 Å². The minimum absolute atomic E-state index is 0.0473. The number of aryl methyl sites for hydroxylation is 1. The average molecular weight is 292 g/mol. The number of aromatic carboxylic acids is 1. The maximum absolute atomic E-state index is 12.1. The van der Waals surface area contributed by atoms with Gasteiger partial charge in [-0.3, -0.25) is 4.72 Å². The van der Waals surface area contributed by atoms with E-state index in [2.05, 4.69) is 9.71 Å². The fourth-order valence-electron chi connectivity index (χ4n) is 1.62. The predicted octanol–water partition coefficient (Wildman–Crippen LogP) is 1.89. The fourth-order valence-corrected chi connectivity index (χ4v) is 2.65. The highest BCUT2D eigenvalue weighted by Crippen LogP contribution is 2.18. The van der Waals surface area contributed by atoms with Gasteiger partial charge in [-0.2, -0.15) is 0 Å². The van der Waals surface area contributed by atoms with E-state index in [-0.39, 0.29) is 16.3 Å². The normalized spacial score (nSPS) is 11.1. The zero-order chi connectivity index (χ0) is 14.8. The van der Waals surface area contributed by atoms with Crippen LogP contribution in [-0.4, -0.2) is 24.5 Å². The molecule has 1 aromatic heterocycles. The number of carbonyl (C=O) groups is 1. The van der Waals surface area contributed by atoms with Crippen LogP contribution >= 0.6 is 0 Å². The van der Waals surface area contributed by atoms with Gasteiger partial charge >= 0.3 is 5.97 Å². The van der Waals surface area contributed by atoms with E-state index in [1.165, 1.54) is 24.4 Å². The van der Waals surface area contributed by atoms with Gasteiger partial charge in [-0.25, -0.2) is 18.2 Å². The number of benzene rings is 1. The summed E-state index contributed by atoms with van der Waals surface area (Å²) < 4.78 is 26.6. The van der Waals surface area contributed by atoms with Crippen molar-refractivity contribution in [2.45, 2.75) is 11.8 Å². The molecule has 0 amide bonds. The van der Waals surface area contributed by atoms with Gasteiger partial charge in [0, 0.05) is 6.20 Å². The van der Waals surface area contributed by atoms with Crippen molar-refractivity contribution in [2.75, 3.05) is 4.72 Å². The van der Waals surface area contributed by atoms with Crippen LogP contribution in [0.3, 0.4) is 0 Å². The van der Waals surface area contributed by atoms with E-state index in [1.54, 1.807) is 19.1 Å². The number of nitrogens with zero attached hydrogens (tertiary/aromatic N) is 1. The zero-order valence-electron chi connectivity index (χ0n) is 10.6. The van der Waals surface area contributed by atoms with Gasteiger partial charge in [0.1, 0.15) is 5.82 Å². The SMILES string of the molecule is Cc1ccc(S(=O)(=O)Nc2ccccn2)cc1C(=O)O. The van der Waals surface area contributed by atoms with Gasteiger partial charge in [-0.15, -0.1) is 0 Å². The van der Waals surface area contributed by atoms with Crippen LogP contribution in [0.1, 0.15) is 15.9 Å². The van der Waals surface area contributed by atoms with Gasteiger partial charge in [0.25, 0.3) is 10.0 Å². The first-order valence-corrected chi connectivity index (χ1v) is 7.16. The number of carboxylic acid groups (broad SMARTS) is 1. The number of nitrogens with one attached hydrogen (secondary N) is 1. The summed E-state index contributed by atoms with van der Waals surface area (Å²) in [6, 6.07) is 8.74. The summed E-state index contributed by atoms with van der Waals surface area (Å²) in [5, 5.41) is 9.02. The Morgan fingerprint density at radius 1 is 1.25 bits per heavy atom. The Balaban J connectivity index is 2.40. The van der Waals surface area contributed by atoms with Crippen LogP contribution in [0.2, 0.25) is 0 Å². The molecule has 1 heterocycles. The van der Waals surface area contributed by atoms with Crippen molar-refractivity contribution in [1.29, 1.82) is 0 Å². The minimum atomic E-state index is -3.86. The zero-order valence-corrected chi connectivity index (χ0v) is 11.4. The number of pyridine rings is 1. The predicted molar refractivity (Wildman–Crippen MR) is 73.2 cm³/mol. The molecule has 0 atom stereocenters. The second-order valence-electron chi connectivity index (χ2n) is 4.10. The lowest BCUT2D eigenvalue weighted by atomic mass is 10.1. The summed E-state index contributed by atoms with van der Waals surface area (Å²) in [7, 11) is -3.86. The molecule has 0 bridgehead atoms. The third-order valence-electron chi connectivity index (χ3n) is 2.65. The van der Waals surface area contributed by atoms with E-state index in [0.717, 1.165) is 6.07 Å². The maximum atomic E-state index is 12.1. The Labute approximate surface area is 116 Å². The van der Waals surface area contributed by atoms with Crippen molar-refractivity contribution in [3.63, 3.8) is 0 Å². The molecule has 2 aromatic rings. The lowest BCUT2D eigenvalue weighted by Gasteiger charge is -2.09. The smallest absolute Gasteiger partial charge is 0.335 e. The number of hydrogen-bond acceptors (Lipinski definition) is 4. The van der Waals surface area contributed by atoms with E-state index in [9.17, 15) is 13.2 Å². The van der Waals surface area contributed by atoms with Crippen LogP contribution in [-0.2, 0) is 10.0 Å². The molecule has 0 radical (unpaired) electrons. The minimum Gasteiger partial charge on any atom is -0.478 e. The Kier molecular flexibility index (Phi) is 3.71. The second kappa shape index (κ2) is 5.30. The van der Waals surface area contributed by atoms with Gasteiger partial charge in [0.2, 0.25) is 0 Å². The number of aromatic nitrogens is 1. The van der Waals surface area contributed by atoms with Crippen LogP contribution in [0.15, 0.2) is 47.5 Å². The second-order valence-corrected chi connectivity index (χ2v) is 5.78. The van der Waals surface area contributed by atoms with Crippen molar-refractivity contribution < 1.29 is 18.3 Å². The number of carboxylic acids is 1. The van der Waals surface area contributed by atoms with Crippen molar-refractivity contribution in [3.8, 4) is 0 Å². The molecule has 2 rings (SSSR count). The first kappa shape index (κ1) is 14.0. The van der Waals surface area contributed by atoms with Crippen molar-refractivity contribution in [3.05, 3.63) is 53.7 Å². The molecular weight excluding hydrogens is 280 g/mol. The van der Waals surface area contributed by atoms with Gasteiger partial charge in [0.15, 0.2) is 0 Å². The summed E-state index contributed by atoms with van der Waals surface area (Å²) in [5.74, 6) is -0.998. The van der Waals surface area contributed by atoms with E-state index in [4.69, 9.17) is 5.11 Å². The van der Waals surface area contributed by atoms with Crippen molar-refractivity contribution in [2.24, 2.45) is 0 Å². The molecule has 6 nitrogen and oxygen atoms in total. The van der Waals surface area contributed by atoms with Crippen LogP contribution in [0.4, 0.5) is 5.82 Å². The standard InChI is InChI=1S/C13H12N2O4S/c1-9-5-6-10(8-11(9)13(16)17)20(18,19)15-12-4-2-3-7-14-12/h2-8H,1H3,(H,14,15)(H,16,17). The summed E-state index contributed by atoms with van der Waals surface area (Å²) in [5.41, 5.74) is 0.447. The Bertz CT molecular complexity index is 742. The van der Waals surface area contributed by atoms with E-state index in [1.807, 2.05) is 0 Å². The first-order chi connectivity index (χ1) is 9.40. The highest BCUT2D eigenvalue weighted by Gasteiger charge is 2.18. The van der Waals surface area contributed by atoms with Crippen LogP contribution < -0.4 is 4.72 Å². The molecule has 1 aromatic carbocycles. The molecule has 20 heavy (non-hydrogen) atoms. The Morgan fingerprint density at radius 2 is 2.00 bits per heavy atom. The summed E-state index contributed by atoms with van der Waals surface area (Å²) in [6.07, 6.45) is 1.45. The lowest BCUT2D eigenvalue weighted by molar-refractivity contribution is 0.0696. The Hall–Kier alpha value is -2.41. The fraction of sp³-hybridized carbons (Fsp3) is 0.0769. The summed E-state index contributed by atoms with van der Waals surface area (Å²) in [6.45, 7) is 1.60. The molecule has 0 aliphatic heterocycles. The molecular formula is C13H12N2O4S. The van der Waals surface area contributed by atoms with Gasteiger partial charge in [-0.05, 0) is 36.8 Å². The van der Waals surface area contributed by atoms with E-state index in [0.29, 0.717) is 5.56 Å². The number of hydrogen-bond donors (Lipinski definition) is 2. The van der Waals surface area contributed by atoms with Crippen molar-refractivity contribution >= 4 is 21.8 Å². The Morgan fingerprint density at radius 3 is 2.60 bits per heavy atom. The molecule has 0 aliphatic rings. The lowest BCUT2D eigenvalue weighted by Crippen LogP contribution is -2.15. The molecule has 0 aliphatic carbocycles. The van der Waals surface area contributed by atoms with Gasteiger partial charge in [0.05, 0.1) is 10.5 Å². The number of anilines is 1. The summed E-state index contributed by atoms with van der Waals surface area (Å²) in [4.78, 5) is 14.8. The monoisotopic (exact) mass is 292 g/mol.